The Labute approximate surface area is 186 Å². The van der Waals surface area contributed by atoms with Gasteiger partial charge in [-0.1, -0.05) is 54.1 Å². The highest BCUT2D eigenvalue weighted by atomic mass is 35.5. The summed E-state index contributed by atoms with van der Waals surface area (Å²) in [5.41, 5.74) is 8.89. The van der Waals surface area contributed by atoms with E-state index in [1.807, 2.05) is 6.92 Å². The van der Waals surface area contributed by atoms with Gasteiger partial charge in [0, 0.05) is 19.5 Å². The van der Waals surface area contributed by atoms with Gasteiger partial charge in [0.2, 0.25) is 0 Å². The van der Waals surface area contributed by atoms with Gasteiger partial charge in [-0.05, 0) is 73.4 Å². The molecule has 0 saturated carbocycles. The van der Waals surface area contributed by atoms with Crippen molar-refractivity contribution < 1.29 is 9.53 Å². The van der Waals surface area contributed by atoms with Crippen LogP contribution in [0.3, 0.4) is 0 Å². The number of hydrogen-bond donors (Lipinski definition) is 0. The molecule has 2 aromatic rings. The van der Waals surface area contributed by atoms with Gasteiger partial charge >= 0.3 is 5.97 Å². The molecule has 1 saturated heterocycles. The summed E-state index contributed by atoms with van der Waals surface area (Å²) < 4.78 is 5.04. The number of carbonyl (C=O) groups is 1. The number of esters is 1. The smallest absolute Gasteiger partial charge is 0.305 e. The van der Waals surface area contributed by atoms with Crippen LogP contribution < -0.4 is 0 Å². The molecule has 4 heteroatoms. The van der Waals surface area contributed by atoms with E-state index in [0.717, 1.165) is 51.7 Å². The van der Waals surface area contributed by atoms with Crippen LogP contribution >= 0.6 is 12.4 Å². The van der Waals surface area contributed by atoms with E-state index >= 15 is 0 Å². The first-order valence-corrected chi connectivity index (χ1v) is 11.0. The minimum atomic E-state index is -0.0704. The zero-order chi connectivity index (χ0) is 20.1. The minimum Gasteiger partial charge on any atom is -0.466 e. The SMILES string of the molecule is CCOC(=O)CCCN1CCC(=C2c3ccccc3CCc3ccccc32)CC1.Cl. The fraction of sp³-hybridized carbons (Fsp3) is 0.423. The Balaban J connectivity index is 0.00000256. The van der Waals surface area contributed by atoms with Crippen molar-refractivity contribution in [3.8, 4) is 0 Å². The summed E-state index contributed by atoms with van der Waals surface area (Å²) in [6.45, 7) is 5.47. The summed E-state index contributed by atoms with van der Waals surface area (Å²) in [6.07, 6.45) is 5.86. The molecule has 160 valence electrons. The predicted molar refractivity (Wildman–Crippen MR) is 125 cm³/mol. The predicted octanol–water partition coefficient (Wildman–Crippen LogP) is 5.45. The number of likely N-dealkylation sites (tertiary alicyclic amines) is 1. The molecule has 0 aromatic heterocycles. The first-order chi connectivity index (χ1) is 14.3. The number of hydrogen-bond acceptors (Lipinski definition) is 3. The van der Waals surface area contributed by atoms with E-state index in [1.54, 1.807) is 5.57 Å². The highest BCUT2D eigenvalue weighted by molar-refractivity contribution is 5.86. The molecule has 2 aliphatic rings. The van der Waals surface area contributed by atoms with E-state index in [1.165, 1.54) is 27.8 Å². The lowest BCUT2D eigenvalue weighted by atomic mass is 9.86. The second kappa shape index (κ2) is 10.8. The minimum absolute atomic E-state index is 0. The number of aryl methyl sites for hydroxylation is 2. The Morgan fingerprint density at radius 3 is 2.03 bits per heavy atom. The summed E-state index contributed by atoms with van der Waals surface area (Å²) in [5, 5.41) is 0. The second-order valence-electron chi connectivity index (χ2n) is 8.04. The van der Waals surface area contributed by atoms with Crippen molar-refractivity contribution in [1.29, 1.82) is 0 Å². The normalized spacial score (nSPS) is 16.2. The molecule has 1 aliphatic heterocycles. The van der Waals surface area contributed by atoms with Crippen molar-refractivity contribution in [3.63, 3.8) is 0 Å². The maximum atomic E-state index is 11.6. The number of carbonyl (C=O) groups excluding carboxylic acids is 1. The van der Waals surface area contributed by atoms with E-state index in [-0.39, 0.29) is 18.4 Å². The van der Waals surface area contributed by atoms with Gasteiger partial charge in [-0.3, -0.25) is 4.79 Å². The third-order valence-electron chi connectivity index (χ3n) is 6.21. The molecule has 0 N–H and O–H groups in total. The van der Waals surface area contributed by atoms with E-state index in [2.05, 4.69) is 53.4 Å². The monoisotopic (exact) mass is 425 g/mol. The Bertz CT molecular complexity index is 846. The lowest BCUT2D eigenvalue weighted by molar-refractivity contribution is -0.143. The molecule has 4 rings (SSSR count). The van der Waals surface area contributed by atoms with Crippen LogP contribution in [0.1, 0.15) is 54.9 Å². The van der Waals surface area contributed by atoms with E-state index < -0.39 is 0 Å². The van der Waals surface area contributed by atoms with Gasteiger partial charge in [0.15, 0.2) is 0 Å². The Morgan fingerprint density at radius 2 is 1.47 bits per heavy atom. The molecular formula is C26H32ClNO2. The van der Waals surface area contributed by atoms with Crippen LogP contribution in [0.25, 0.3) is 5.57 Å². The average Bonchev–Trinajstić information content (AvgIpc) is 2.92. The van der Waals surface area contributed by atoms with Crippen LogP contribution in [-0.4, -0.2) is 37.1 Å². The van der Waals surface area contributed by atoms with Gasteiger partial charge in [0.1, 0.15) is 0 Å². The fourth-order valence-corrected chi connectivity index (χ4v) is 4.74. The molecule has 0 spiro atoms. The molecule has 30 heavy (non-hydrogen) atoms. The summed E-state index contributed by atoms with van der Waals surface area (Å²) in [5.74, 6) is -0.0704. The topological polar surface area (TPSA) is 29.5 Å². The lowest BCUT2D eigenvalue weighted by Crippen LogP contribution is -2.32. The Hall–Kier alpha value is -2.10. The number of nitrogens with zero attached hydrogens (tertiary/aromatic N) is 1. The van der Waals surface area contributed by atoms with Crippen molar-refractivity contribution in [1.82, 2.24) is 4.90 Å². The summed E-state index contributed by atoms with van der Waals surface area (Å²) in [4.78, 5) is 14.1. The van der Waals surface area contributed by atoms with E-state index in [0.29, 0.717) is 13.0 Å². The number of halogens is 1. The molecule has 0 unspecified atom stereocenters. The Morgan fingerprint density at radius 1 is 0.900 bits per heavy atom. The lowest BCUT2D eigenvalue weighted by Gasteiger charge is -2.30. The summed E-state index contributed by atoms with van der Waals surface area (Å²) >= 11 is 0. The van der Waals surface area contributed by atoms with Crippen molar-refractivity contribution >= 4 is 23.9 Å². The maximum absolute atomic E-state index is 11.6. The quantitative estimate of drug-likeness (QED) is 0.596. The van der Waals surface area contributed by atoms with E-state index in [4.69, 9.17) is 4.74 Å². The first kappa shape index (κ1) is 22.6. The molecule has 1 fully saturated rings. The van der Waals surface area contributed by atoms with Crippen LogP contribution in [0.5, 0.6) is 0 Å². The van der Waals surface area contributed by atoms with Gasteiger partial charge in [-0.2, -0.15) is 0 Å². The largest absolute Gasteiger partial charge is 0.466 e. The van der Waals surface area contributed by atoms with Crippen molar-refractivity contribution in [2.75, 3.05) is 26.2 Å². The Kier molecular flexibility index (Phi) is 8.12. The van der Waals surface area contributed by atoms with Crippen LogP contribution in [0.2, 0.25) is 0 Å². The van der Waals surface area contributed by atoms with Crippen LogP contribution in [0.4, 0.5) is 0 Å². The molecule has 1 heterocycles. The van der Waals surface area contributed by atoms with E-state index in [9.17, 15) is 4.79 Å². The molecule has 3 nitrogen and oxygen atoms in total. The highest BCUT2D eigenvalue weighted by Crippen LogP contribution is 2.38. The number of benzene rings is 2. The van der Waals surface area contributed by atoms with Gasteiger partial charge < -0.3 is 9.64 Å². The second-order valence-corrected chi connectivity index (χ2v) is 8.04. The highest BCUT2D eigenvalue weighted by Gasteiger charge is 2.23. The standard InChI is InChI=1S/C26H31NO2.ClH/c1-2-29-25(28)12-7-17-27-18-15-22(16-19-27)26-23-10-5-3-8-20(23)13-14-21-9-4-6-11-24(21)26;/h3-6,8-11H,2,7,12-19H2,1H3;1H. The zero-order valence-corrected chi connectivity index (χ0v) is 18.7. The number of rotatable bonds is 5. The van der Waals surface area contributed by atoms with Crippen LogP contribution in [0.15, 0.2) is 54.1 Å². The summed E-state index contributed by atoms with van der Waals surface area (Å²) in [7, 11) is 0. The van der Waals surface area contributed by atoms with Gasteiger partial charge in [0.25, 0.3) is 0 Å². The zero-order valence-electron chi connectivity index (χ0n) is 17.9. The number of ether oxygens (including phenoxy) is 1. The molecule has 0 amide bonds. The molecule has 0 radical (unpaired) electrons. The first-order valence-electron chi connectivity index (χ1n) is 11.0. The van der Waals surface area contributed by atoms with Gasteiger partial charge in [-0.15, -0.1) is 12.4 Å². The van der Waals surface area contributed by atoms with Crippen molar-refractivity contribution in [3.05, 3.63) is 76.4 Å². The van der Waals surface area contributed by atoms with Gasteiger partial charge in [0.05, 0.1) is 6.61 Å². The van der Waals surface area contributed by atoms with Crippen LogP contribution in [0, 0.1) is 0 Å². The average molecular weight is 426 g/mol. The number of fused-ring (bicyclic) bond motifs is 2. The van der Waals surface area contributed by atoms with Crippen molar-refractivity contribution in [2.45, 2.75) is 45.4 Å². The molecule has 1 aliphatic carbocycles. The third-order valence-corrected chi connectivity index (χ3v) is 6.21. The molecular weight excluding hydrogens is 394 g/mol. The molecule has 2 aromatic carbocycles. The summed E-state index contributed by atoms with van der Waals surface area (Å²) in [6, 6.07) is 17.9. The van der Waals surface area contributed by atoms with Gasteiger partial charge in [-0.25, -0.2) is 0 Å². The maximum Gasteiger partial charge on any atom is 0.305 e. The molecule has 0 bridgehead atoms. The van der Waals surface area contributed by atoms with Crippen LogP contribution in [-0.2, 0) is 22.4 Å². The fourth-order valence-electron chi connectivity index (χ4n) is 4.74. The van der Waals surface area contributed by atoms with Crippen molar-refractivity contribution in [2.24, 2.45) is 0 Å². The number of piperidine rings is 1. The third kappa shape index (κ3) is 5.14. The molecule has 0 atom stereocenters.